The highest BCUT2D eigenvalue weighted by Gasteiger charge is 2.12. The van der Waals surface area contributed by atoms with Crippen LogP contribution in [-0.4, -0.2) is 22.6 Å². The third-order valence-electron chi connectivity index (χ3n) is 4.90. The van der Waals surface area contributed by atoms with Crippen LogP contribution in [0.15, 0.2) is 59.0 Å². The van der Waals surface area contributed by atoms with Crippen LogP contribution in [0.1, 0.15) is 11.1 Å². The number of hydrogen-bond donors (Lipinski definition) is 2. The third-order valence-corrected chi connectivity index (χ3v) is 5.64. The average Bonchev–Trinajstić information content (AvgIpc) is 3.18. The molecule has 0 aliphatic heterocycles. The molecule has 0 aliphatic carbocycles. The van der Waals surface area contributed by atoms with Gasteiger partial charge in [-0.3, -0.25) is 10.1 Å². The average molecular weight is 500 g/mol. The predicted molar refractivity (Wildman–Crippen MR) is 135 cm³/mol. The fourth-order valence-corrected chi connectivity index (χ4v) is 3.76. The van der Waals surface area contributed by atoms with Gasteiger partial charge in [0.05, 0.1) is 5.02 Å². The van der Waals surface area contributed by atoms with E-state index in [-0.39, 0.29) is 11.7 Å². The predicted octanol–water partition coefficient (Wildman–Crippen LogP) is 6.31. The summed E-state index contributed by atoms with van der Waals surface area (Å²) in [4.78, 5) is 16.7. The van der Waals surface area contributed by atoms with Crippen molar-refractivity contribution in [2.75, 3.05) is 11.9 Å². The van der Waals surface area contributed by atoms with Gasteiger partial charge in [-0.25, -0.2) is 4.98 Å². The number of nitrogens with one attached hydrogen (secondary N) is 2. The van der Waals surface area contributed by atoms with E-state index in [9.17, 15) is 4.79 Å². The number of aryl methyl sites for hydroxylation is 2. The maximum Gasteiger partial charge on any atom is 0.264 e. The topological polar surface area (TPSA) is 76.4 Å². The van der Waals surface area contributed by atoms with Crippen molar-refractivity contribution in [1.29, 1.82) is 0 Å². The minimum absolute atomic E-state index is 0.128. The zero-order chi connectivity index (χ0) is 23.5. The molecule has 0 saturated carbocycles. The maximum atomic E-state index is 12.2. The van der Waals surface area contributed by atoms with Gasteiger partial charge in [0.25, 0.3) is 5.91 Å². The van der Waals surface area contributed by atoms with Crippen molar-refractivity contribution in [2.24, 2.45) is 0 Å². The molecule has 0 unspecified atom stereocenters. The summed E-state index contributed by atoms with van der Waals surface area (Å²) in [7, 11) is 0. The zero-order valence-corrected chi connectivity index (χ0v) is 20.1. The molecule has 3 aromatic carbocycles. The van der Waals surface area contributed by atoms with Gasteiger partial charge in [0.15, 0.2) is 17.3 Å². The number of benzene rings is 3. The number of halogens is 2. The van der Waals surface area contributed by atoms with Gasteiger partial charge in [0, 0.05) is 16.3 Å². The number of anilines is 1. The Morgan fingerprint density at radius 1 is 1.06 bits per heavy atom. The van der Waals surface area contributed by atoms with Crippen molar-refractivity contribution in [3.63, 3.8) is 0 Å². The molecular formula is C24H19Cl2N3O3S. The molecule has 0 fully saturated rings. The number of carbonyl (C=O) groups is 1. The summed E-state index contributed by atoms with van der Waals surface area (Å²) in [5, 5.41) is 6.45. The first-order chi connectivity index (χ1) is 15.8. The number of fused-ring (bicyclic) bond motifs is 1. The zero-order valence-electron chi connectivity index (χ0n) is 17.7. The Kier molecular flexibility index (Phi) is 6.83. The Morgan fingerprint density at radius 2 is 1.88 bits per heavy atom. The number of aromatic nitrogens is 1. The van der Waals surface area contributed by atoms with E-state index in [0.29, 0.717) is 38.5 Å². The Balaban J connectivity index is 1.38. The van der Waals surface area contributed by atoms with Crippen molar-refractivity contribution in [3.05, 3.63) is 75.8 Å². The number of thiocarbonyl (C=S) groups is 1. The van der Waals surface area contributed by atoms with Crippen molar-refractivity contribution >= 4 is 63.2 Å². The van der Waals surface area contributed by atoms with Crippen molar-refractivity contribution in [3.8, 4) is 17.2 Å². The van der Waals surface area contributed by atoms with Crippen molar-refractivity contribution in [2.45, 2.75) is 13.8 Å². The monoisotopic (exact) mass is 499 g/mol. The van der Waals surface area contributed by atoms with E-state index < -0.39 is 5.91 Å². The summed E-state index contributed by atoms with van der Waals surface area (Å²) in [6.45, 7) is 3.85. The largest absolute Gasteiger partial charge is 0.482 e. The van der Waals surface area contributed by atoms with Gasteiger partial charge in [-0.1, -0.05) is 29.3 Å². The minimum Gasteiger partial charge on any atom is -0.482 e. The summed E-state index contributed by atoms with van der Waals surface area (Å²) in [6.07, 6.45) is 0. The van der Waals surface area contributed by atoms with E-state index in [0.717, 1.165) is 5.56 Å². The summed E-state index contributed by atoms with van der Waals surface area (Å²) in [5.41, 5.74) is 5.26. The Hall–Kier alpha value is -3.13. The summed E-state index contributed by atoms with van der Waals surface area (Å²) < 4.78 is 11.3. The molecule has 4 rings (SSSR count). The lowest BCUT2D eigenvalue weighted by atomic mass is 10.1. The second-order valence-corrected chi connectivity index (χ2v) is 8.62. The van der Waals surface area contributed by atoms with Gasteiger partial charge in [0.1, 0.15) is 11.3 Å². The lowest BCUT2D eigenvalue weighted by Gasteiger charge is -2.11. The van der Waals surface area contributed by atoms with Gasteiger partial charge in [-0.2, -0.15) is 0 Å². The van der Waals surface area contributed by atoms with Gasteiger partial charge in [-0.05, 0) is 85.7 Å². The summed E-state index contributed by atoms with van der Waals surface area (Å²) in [5.74, 6) is 0.461. The van der Waals surface area contributed by atoms with Crippen LogP contribution in [0.4, 0.5) is 5.69 Å². The van der Waals surface area contributed by atoms with Crippen LogP contribution in [0.3, 0.4) is 0 Å². The molecule has 0 radical (unpaired) electrons. The Morgan fingerprint density at radius 3 is 2.64 bits per heavy atom. The Bertz CT molecular complexity index is 1370. The van der Waals surface area contributed by atoms with E-state index in [2.05, 4.69) is 22.5 Å². The number of amides is 1. The maximum absolute atomic E-state index is 12.2. The van der Waals surface area contributed by atoms with Crippen LogP contribution in [-0.2, 0) is 4.79 Å². The van der Waals surface area contributed by atoms with E-state index in [1.54, 1.807) is 30.3 Å². The number of ether oxygens (including phenoxy) is 1. The number of hydrogen-bond acceptors (Lipinski definition) is 5. The van der Waals surface area contributed by atoms with Crippen LogP contribution >= 0.6 is 35.4 Å². The molecule has 1 aromatic heterocycles. The van der Waals surface area contributed by atoms with E-state index in [1.165, 1.54) is 17.2 Å². The van der Waals surface area contributed by atoms with Crippen LogP contribution in [0.5, 0.6) is 5.75 Å². The molecule has 9 heteroatoms. The highest BCUT2D eigenvalue weighted by molar-refractivity contribution is 7.80. The number of nitrogens with zero attached hydrogens (tertiary/aromatic N) is 1. The number of rotatable bonds is 5. The van der Waals surface area contributed by atoms with E-state index >= 15 is 0 Å². The molecule has 168 valence electrons. The minimum atomic E-state index is -0.432. The SMILES string of the molecule is Cc1ccc(-c2nc3cc(NC(=S)NC(=O)COc4ccc(Cl)cc4Cl)ccc3o2)cc1C. The molecule has 6 nitrogen and oxygen atoms in total. The van der Waals surface area contributed by atoms with E-state index in [1.807, 2.05) is 25.1 Å². The first-order valence-corrected chi connectivity index (χ1v) is 11.1. The second-order valence-electron chi connectivity index (χ2n) is 7.37. The standard InChI is InChI=1S/C24H19Cl2N3O3S/c1-13-3-4-15(9-14(13)2)23-28-19-11-17(6-8-21(19)32-23)27-24(33)29-22(30)12-31-20-7-5-16(25)10-18(20)26/h3-11H,12H2,1-2H3,(H2,27,29,30,33). The molecule has 0 aliphatic rings. The quantitative estimate of drug-likeness (QED) is 0.313. The number of carbonyl (C=O) groups excluding carboxylic acids is 1. The molecule has 0 saturated heterocycles. The lowest BCUT2D eigenvalue weighted by Crippen LogP contribution is -2.37. The van der Waals surface area contributed by atoms with Crippen LogP contribution < -0.4 is 15.4 Å². The molecule has 33 heavy (non-hydrogen) atoms. The smallest absolute Gasteiger partial charge is 0.264 e. The molecule has 1 heterocycles. The van der Waals surface area contributed by atoms with Crippen molar-refractivity contribution in [1.82, 2.24) is 10.3 Å². The summed E-state index contributed by atoms with van der Waals surface area (Å²) in [6, 6.07) is 16.2. The fourth-order valence-electron chi connectivity index (χ4n) is 3.06. The molecule has 0 bridgehead atoms. The van der Waals surface area contributed by atoms with Crippen LogP contribution in [0, 0.1) is 13.8 Å². The third kappa shape index (κ3) is 5.63. The van der Waals surface area contributed by atoms with Crippen LogP contribution in [0.2, 0.25) is 10.0 Å². The molecular weight excluding hydrogens is 481 g/mol. The summed E-state index contributed by atoms with van der Waals surface area (Å²) >= 11 is 17.1. The molecule has 4 aromatic rings. The normalized spacial score (nSPS) is 10.8. The molecule has 2 N–H and O–H groups in total. The second kappa shape index (κ2) is 9.79. The lowest BCUT2D eigenvalue weighted by molar-refractivity contribution is -0.121. The van der Waals surface area contributed by atoms with E-state index in [4.69, 9.17) is 44.6 Å². The highest BCUT2D eigenvalue weighted by Crippen LogP contribution is 2.28. The first-order valence-electron chi connectivity index (χ1n) is 9.95. The Labute approximate surface area is 205 Å². The molecule has 1 amide bonds. The first kappa shape index (κ1) is 23.0. The van der Waals surface area contributed by atoms with Gasteiger partial charge in [-0.15, -0.1) is 0 Å². The van der Waals surface area contributed by atoms with Crippen LogP contribution in [0.25, 0.3) is 22.6 Å². The number of oxazole rings is 1. The van der Waals surface area contributed by atoms with Crippen molar-refractivity contribution < 1.29 is 13.9 Å². The van der Waals surface area contributed by atoms with Gasteiger partial charge >= 0.3 is 0 Å². The highest BCUT2D eigenvalue weighted by atomic mass is 35.5. The molecule has 0 spiro atoms. The fraction of sp³-hybridized carbons (Fsp3) is 0.125. The van der Waals surface area contributed by atoms with Gasteiger partial charge in [0.2, 0.25) is 5.89 Å². The van der Waals surface area contributed by atoms with Gasteiger partial charge < -0.3 is 14.5 Å². The molecule has 0 atom stereocenters.